The van der Waals surface area contributed by atoms with Crippen molar-refractivity contribution in [2.75, 3.05) is 0 Å². The van der Waals surface area contributed by atoms with E-state index in [9.17, 15) is 0 Å². The zero-order valence-corrected chi connectivity index (χ0v) is 7.71. The second-order valence-electron chi connectivity index (χ2n) is 1.85. The van der Waals surface area contributed by atoms with Gasteiger partial charge in [-0.15, -0.1) is 22.7 Å². The number of thiazole rings is 2. The second-order valence-corrected chi connectivity index (χ2v) is 3.81. The normalized spacial score (nSPS) is 10.3. The van der Waals surface area contributed by atoms with Gasteiger partial charge >= 0.3 is 0 Å². The highest BCUT2D eigenvalue weighted by molar-refractivity contribution is 7.14. The number of nitrogens with zero attached hydrogens (tertiary/aromatic N) is 2. The molecule has 0 aliphatic carbocycles. The Morgan fingerprint density at radius 2 is 2.27 bits per heavy atom. The smallest absolute Gasteiger partial charge is 0.144 e. The summed E-state index contributed by atoms with van der Waals surface area (Å²) in [6.45, 7) is 0. The van der Waals surface area contributed by atoms with Gasteiger partial charge in [0.15, 0.2) is 0 Å². The van der Waals surface area contributed by atoms with Gasteiger partial charge in [0.05, 0.1) is 5.51 Å². The van der Waals surface area contributed by atoms with Crippen molar-refractivity contribution in [3.63, 3.8) is 0 Å². The first-order valence-electron chi connectivity index (χ1n) is 2.86. The minimum Gasteiger partial charge on any atom is -0.242 e. The fourth-order valence-corrected chi connectivity index (χ4v) is 2.21. The van der Waals surface area contributed by atoms with Gasteiger partial charge in [0, 0.05) is 10.8 Å². The van der Waals surface area contributed by atoms with Crippen molar-refractivity contribution in [1.82, 2.24) is 9.97 Å². The van der Waals surface area contributed by atoms with Crippen LogP contribution in [0, 0.1) is 0 Å². The SMILES string of the molecule is Clc1csc(-c2cscn2)n1. The molecule has 0 bridgehead atoms. The Morgan fingerprint density at radius 3 is 2.82 bits per heavy atom. The molecule has 56 valence electrons. The molecule has 0 atom stereocenters. The minimum absolute atomic E-state index is 0.540. The van der Waals surface area contributed by atoms with E-state index in [0.29, 0.717) is 5.15 Å². The molecule has 0 aliphatic rings. The summed E-state index contributed by atoms with van der Waals surface area (Å²) in [5.41, 5.74) is 2.69. The highest BCUT2D eigenvalue weighted by Gasteiger charge is 2.03. The van der Waals surface area contributed by atoms with Crippen LogP contribution in [0.2, 0.25) is 5.15 Å². The van der Waals surface area contributed by atoms with Crippen molar-refractivity contribution in [2.24, 2.45) is 0 Å². The van der Waals surface area contributed by atoms with Gasteiger partial charge in [-0.3, -0.25) is 0 Å². The summed E-state index contributed by atoms with van der Waals surface area (Å²) < 4.78 is 0. The quantitative estimate of drug-likeness (QED) is 0.711. The summed E-state index contributed by atoms with van der Waals surface area (Å²) in [5, 5.41) is 5.18. The molecule has 0 unspecified atom stereocenters. The van der Waals surface area contributed by atoms with Gasteiger partial charge in [0.25, 0.3) is 0 Å². The molecular formula is C6H3ClN2S2. The van der Waals surface area contributed by atoms with Gasteiger partial charge in [0.2, 0.25) is 0 Å². The van der Waals surface area contributed by atoms with Gasteiger partial charge < -0.3 is 0 Å². The summed E-state index contributed by atoms with van der Waals surface area (Å²) in [4.78, 5) is 8.19. The number of rotatable bonds is 1. The Labute approximate surface area is 76.5 Å². The van der Waals surface area contributed by atoms with E-state index < -0.39 is 0 Å². The van der Waals surface area contributed by atoms with E-state index in [2.05, 4.69) is 9.97 Å². The van der Waals surface area contributed by atoms with E-state index in [-0.39, 0.29) is 0 Å². The number of halogens is 1. The summed E-state index contributed by atoms with van der Waals surface area (Å²) in [5.74, 6) is 0. The summed E-state index contributed by atoms with van der Waals surface area (Å²) >= 11 is 8.72. The van der Waals surface area contributed by atoms with E-state index in [1.54, 1.807) is 22.2 Å². The highest BCUT2D eigenvalue weighted by atomic mass is 35.5. The van der Waals surface area contributed by atoms with Crippen LogP contribution in [0.5, 0.6) is 0 Å². The molecule has 0 amide bonds. The standard InChI is InChI=1S/C6H3ClN2S2/c7-5-2-11-6(9-5)4-1-10-3-8-4/h1-3H. The zero-order valence-electron chi connectivity index (χ0n) is 5.32. The highest BCUT2D eigenvalue weighted by Crippen LogP contribution is 2.24. The third kappa shape index (κ3) is 1.42. The van der Waals surface area contributed by atoms with Crippen molar-refractivity contribution in [1.29, 1.82) is 0 Å². The predicted octanol–water partition coefficient (Wildman–Crippen LogP) is 2.92. The lowest BCUT2D eigenvalue weighted by molar-refractivity contribution is 1.34. The molecule has 2 aromatic heterocycles. The average Bonchev–Trinajstić information content (AvgIpc) is 2.55. The summed E-state index contributed by atoms with van der Waals surface area (Å²) in [7, 11) is 0. The maximum atomic E-state index is 5.65. The van der Waals surface area contributed by atoms with Crippen LogP contribution in [0.1, 0.15) is 0 Å². The molecule has 0 spiro atoms. The van der Waals surface area contributed by atoms with Crippen molar-refractivity contribution < 1.29 is 0 Å². The van der Waals surface area contributed by atoms with Gasteiger partial charge in [-0.05, 0) is 0 Å². The largest absolute Gasteiger partial charge is 0.242 e. The average molecular weight is 203 g/mol. The first-order valence-corrected chi connectivity index (χ1v) is 5.06. The molecule has 5 heteroatoms. The Bertz CT molecular complexity index is 341. The molecule has 0 N–H and O–H groups in total. The minimum atomic E-state index is 0.540. The zero-order chi connectivity index (χ0) is 7.68. The first kappa shape index (κ1) is 7.21. The maximum absolute atomic E-state index is 5.65. The van der Waals surface area contributed by atoms with Crippen molar-refractivity contribution >= 4 is 34.3 Å². The van der Waals surface area contributed by atoms with Crippen LogP contribution in [-0.2, 0) is 0 Å². The summed E-state index contributed by atoms with van der Waals surface area (Å²) in [6, 6.07) is 0. The third-order valence-corrected chi connectivity index (χ3v) is 2.90. The monoisotopic (exact) mass is 202 g/mol. The molecule has 2 rings (SSSR count). The van der Waals surface area contributed by atoms with E-state index in [1.807, 2.05) is 5.38 Å². The molecule has 0 radical (unpaired) electrons. The lowest BCUT2D eigenvalue weighted by Gasteiger charge is -1.82. The Balaban J connectivity index is 2.45. The van der Waals surface area contributed by atoms with E-state index in [0.717, 1.165) is 10.7 Å². The molecular weight excluding hydrogens is 200 g/mol. The maximum Gasteiger partial charge on any atom is 0.144 e. The molecule has 2 aromatic rings. The molecule has 0 aliphatic heterocycles. The topological polar surface area (TPSA) is 25.8 Å². The van der Waals surface area contributed by atoms with Gasteiger partial charge in [-0.2, -0.15) is 0 Å². The third-order valence-electron chi connectivity index (χ3n) is 1.13. The van der Waals surface area contributed by atoms with Crippen LogP contribution in [0.4, 0.5) is 0 Å². The molecule has 0 saturated heterocycles. The molecule has 11 heavy (non-hydrogen) atoms. The Kier molecular flexibility index (Phi) is 1.89. The number of hydrogen-bond acceptors (Lipinski definition) is 4. The fraction of sp³-hybridized carbons (Fsp3) is 0. The Hall–Kier alpha value is -0.450. The van der Waals surface area contributed by atoms with Crippen molar-refractivity contribution in [3.8, 4) is 10.7 Å². The number of hydrogen-bond donors (Lipinski definition) is 0. The lowest BCUT2D eigenvalue weighted by atomic mass is 10.5. The van der Waals surface area contributed by atoms with Crippen LogP contribution in [0.25, 0.3) is 10.7 Å². The first-order chi connectivity index (χ1) is 5.36. The van der Waals surface area contributed by atoms with E-state index in [4.69, 9.17) is 11.6 Å². The molecule has 0 saturated carbocycles. The number of aromatic nitrogens is 2. The van der Waals surface area contributed by atoms with Crippen LogP contribution < -0.4 is 0 Å². The van der Waals surface area contributed by atoms with E-state index in [1.165, 1.54) is 11.3 Å². The van der Waals surface area contributed by atoms with Crippen LogP contribution in [-0.4, -0.2) is 9.97 Å². The van der Waals surface area contributed by atoms with Crippen molar-refractivity contribution in [3.05, 3.63) is 21.4 Å². The van der Waals surface area contributed by atoms with Gasteiger partial charge in [0.1, 0.15) is 15.9 Å². The van der Waals surface area contributed by atoms with Gasteiger partial charge in [-0.25, -0.2) is 9.97 Å². The molecule has 2 heterocycles. The van der Waals surface area contributed by atoms with Gasteiger partial charge in [-0.1, -0.05) is 11.6 Å². The Morgan fingerprint density at radius 1 is 1.36 bits per heavy atom. The van der Waals surface area contributed by atoms with Crippen molar-refractivity contribution in [2.45, 2.75) is 0 Å². The van der Waals surface area contributed by atoms with Crippen LogP contribution in [0.15, 0.2) is 16.3 Å². The van der Waals surface area contributed by atoms with E-state index >= 15 is 0 Å². The van der Waals surface area contributed by atoms with Crippen LogP contribution in [0.3, 0.4) is 0 Å². The predicted molar refractivity (Wildman–Crippen MR) is 48.2 cm³/mol. The second kappa shape index (κ2) is 2.89. The lowest BCUT2D eigenvalue weighted by Crippen LogP contribution is -1.72. The molecule has 0 aromatic carbocycles. The summed E-state index contributed by atoms with van der Waals surface area (Å²) in [6.07, 6.45) is 0. The van der Waals surface area contributed by atoms with Crippen LogP contribution >= 0.6 is 34.3 Å². The fourth-order valence-electron chi connectivity index (χ4n) is 0.690. The molecule has 2 nitrogen and oxygen atoms in total. The molecule has 0 fully saturated rings.